The Labute approximate surface area is 105 Å². The van der Waals surface area contributed by atoms with Gasteiger partial charge in [0.2, 0.25) is 0 Å². The van der Waals surface area contributed by atoms with Gasteiger partial charge in [0.25, 0.3) is 0 Å². The molecule has 2 aromatic rings. The molecule has 17 heavy (non-hydrogen) atoms. The fourth-order valence-corrected chi connectivity index (χ4v) is 1.48. The number of nitrogens with zero attached hydrogens (tertiary/aromatic N) is 2. The molecule has 0 amide bonds. The number of aliphatic hydroxyl groups is 1. The Balaban J connectivity index is 2.16. The van der Waals surface area contributed by atoms with Crippen molar-refractivity contribution in [3.8, 4) is 11.8 Å². The summed E-state index contributed by atoms with van der Waals surface area (Å²) in [4.78, 5) is 7.79. The van der Waals surface area contributed by atoms with E-state index < -0.39 is 0 Å². The molecule has 0 spiro atoms. The average molecular weight is 299 g/mol. The minimum absolute atomic E-state index is 0.123. The lowest BCUT2D eigenvalue weighted by molar-refractivity contribution is 0.280. The van der Waals surface area contributed by atoms with Gasteiger partial charge in [-0.25, -0.2) is 14.4 Å². The maximum atomic E-state index is 13.0. The summed E-state index contributed by atoms with van der Waals surface area (Å²) in [6, 6.07) is 4.38. The first-order valence-electron chi connectivity index (χ1n) is 4.73. The van der Waals surface area contributed by atoms with Crippen LogP contribution in [0.2, 0.25) is 0 Å². The Kier molecular flexibility index (Phi) is 3.65. The molecule has 2 rings (SSSR count). The lowest BCUT2D eigenvalue weighted by atomic mass is 10.3. The Morgan fingerprint density at radius 3 is 2.59 bits per heavy atom. The van der Waals surface area contributed by atoms with Crippen molar-refractivity contribution >= 4 is 15.9 Å². The van der Waals surface area contributed by atoms with Crippen molar-refractivity contribution in [2.45, 2.75) is 6.61 Å². The van der Waals surface area contributed by atoms with Gasteiger partial charge >= 0.3 is 6.01 Å². The lowest BCUT2D eigenvalue weighted by Crippen LogP contribution is -1.94. The summed E-state index contributed by atoms with van der Waals surface area (Å²) in [7, 11) is 0. The highest BCUT2D eigenvalue weighted by molar-refractivity contribution is 9.10. The van der Waals surface area contributed by atoms with Crippen LogP contribution >= 0.6 is 15.9 Å². The van der Waals surface area contributed by atoms with Gasteiger partial charge in [-0.15, -0.1) is 0 Å². The van der Waals surface area contributed by atoms with Crippen molar-refractivity contribution in [1.29, 1.82) is 0 Å². The second-order valence-corrected chi connectivity index (χ2v) is 4.06. The number of hydrogen-bond donors (Lipinski definition) is 1. The normalized spacial score (nSPS) is 10.3. The fraction of sp³-hybridized carbons (Fsp3) is 0.0909. The molecule has 1 N–H and O–H groups in total. The van der Waals surface area contributed by atoms with E-state index in [1.54, 1.807) is 0 Å². The Bertz CT molecular complexity index is 519. The van der Waals surface area contributed by atoms with E-state index in [9.17, 15) is 4.39 Å². The van der Waals surface area contributed by atoms with E-state index in [-0.39, 0.29) is 18.4 Å². The van der Waals surface area contributed by atoms with Crippen molar-refractivity contribution in [2.24, 2.45) is 0 Å². The molecule has 0 saturated heterocycles. The van der Waals surface area contributed by atoms with Gasteiger partial charge < -0.3 is 9.84 Å². The molecule has 1 aromatic heterocycles. The highest BCUT2D eigenvalue weighted by atomic mass is 79.9. The quantitative estimate of drug-likeness (QED) is 0.946. The Morgan fingerprint density at radius 2 is 2.00 bits per heavy atom. The van der Waals surface area contributed by atoms with Gasteiger partial charge in [-0.1, -0.05) is 0 Å². The summed E-state index contributed by atoms with van der Waals surface area (Å²) < 4.78 is 18.6. The summed E-state index contributed by atoms with van der Waals surface area (Å²) in [5, 5.41) is 8.82. The third-order valence-electron chi connectivity index (χ3n) is 1.96. The zero-order chi connectivity index (χ0) is 12.3. The number of aromatic nitrogens is 2. The van der Waals surface area contributed by atoms with Crippen LogP contribution in [0.1, 0.15) is 5.56 Å². The number of halogens is 2. The van der Waals surface area contributed by atoms with E-state index >= 15 is 0 Å². The van der Waals surface area contributed by atoms with Gasteiger partial charge in [-0.05, 0) is 34.1 Å². The molecule has 0 radical (unpaired) electrons. The zero-order valence-corrected chi connectivity index (χ0v) is 10.2. The van der Waals surface area contributed by atoms with Gasteiger partial charge in [-0.3, -0.25) is 0 Å². The summed E-state index contributed by atoms with van der Waals surface area (Å²) in [5.41, 5.74) is 0.595. The van der Waals surface area contributed by atoms with Crippen LogP contribution in [0.15, 0.2) is 35.1 Å². The first-order chi connectivity index (χ1) is 8.19. The average Bonchev–Trinajstić information content (AvgIpc) is 2.35. The third kappa shape index (κ3) is 2.98. The molecule has 0 bridgehead atoms. The summed E-state index contributed by atoms with van der Waals surface area (Å²) in [6.45, 7) is -0.123. The van der Waals surface area contributed by atoms with Gasteiger partial charge in [0, 0.05) is 18.0 Å². The molecule has 1 aromatic carbocycles. The molecule has 4 nitrogen and oxygen atoms in total. The smallest absolute Gasteiger partial charge is 0.321 e. The maximum Gasteiger partial charge on any atom is 0.321 e. The molecule has 0 atom stereocenters. The van der Waals surface area contributed by atoms with Gasteiger partial charge in [0.05, 0.1) is 11.1 Å². The second-order valence-electron chi connectivity index (χ2n) is 3.21. The predicted molar refractivity (Wildman–Crippen MR) is 62.1 cm³/mol. The first kappa shape index (κ1) is 11.9. The standard InChI is InChI=1S/C11H8BrFN2O2/c12-9-3-8(1-2-10(9)13)17-11-14-4-7(6-16)5-15-11/h1-5,16H,6H2. The highest BCUT2D eigenvalue weighted by Gasteiger charge is 2.04. The second kappa shape index (κ2) is 5.20. The molecule has 88 valence electrons. The molecule has 0 fully saturated rings. The minimum Gasteiger partial charge on any atom is -0.424 e. The molecule has 0 aliphatic carbocycles. The summed E-state index contributed by atoms with van der Waals surface area (Å²) in [5.74, 6) is 0.0592. The highest BCUT2D eigenvalue weighted by Crippen LogP contribution is 2.24. The lowest BCUT2D eigenvalue weighted by Gasteiger charge is -2.04. The van der Waals surface area contributed by atoms with Crippen LogP contribution in [0.4, 0.5) is 4.39 Å². The molecule has 0 unspecified atom stereocenters. The SMILES string of the molecule is OCc1cnc(Oc2ccc(F)c(Br)c2)nc1. The van der Waals surface area contributed by atoms with Crippen molar-refractivity contribution < 1.29 is 14.2 Å². The predicted octanol–water partition coefficient (Wildman–Crippen LogP) is 2.66. The first-order valence-corrected chi connectivity index (χ1v) is 5.53. The molecular weight excluding hydrogens is 291 g/mol. The van der Waals surface area contributed by atoms with Crippen LogP contribution in [0.3, 0.4) is 0 Å². The van der Waals surface area contributed by atoms with E-state index in [2.05, 4.69) is 25.9 Å². The van der Waals surface area contributed by atoms with Crippen LogP contribution in [-0.2, 0) is 6.61 Å². The molecule has 0 saturated carbocycles. The molecule has 1 heterocycles. The van der Waals surface area contributed by atoms with E-state index in [0.29, 0.717) is 15.8 Å². The van der Waals surface area contributed by atoms with E-state index in [1.165, 1.54) is 30.6 Å². The number of benzene rings is 1. The van der Waals surface area contributed by atoms with Crippen molar-refractivity contribution in [1.82, 2.24) is 9.97 Å². The van der Waals surface area contributed by atoms with Crippen molar-refractivity contribution in [3.05, 3.63) is 46.4 Å². The van der Waals surface area contributed by atoms with E-state index in [1.807, 2.05) is 0 Å². The van der Waals surface area contributed by atoms with Crippen LogP contribution < -0.4 is 4.74 Å². The van der Waals surface area contributed by atoms with Gasteiger partial charge in [0.15, 0.2) is 0 Å². The third-order valence-corrected chi connectivity index (χ3v) is 2.57. The topological polar surface area (TPSA) is 55.2 Å². The van der Waals surface area contributed by atoms with Crippen molar-refractivity contribution in [3.63, 3.8) is 0 Å². The van der Waals surface area contributed by atoms with Crippen LogP contribution in [0.5, 0.6) is 11.8 Å². The monoisotopic (exact) mass is 298 g/mol. The largest absolute Gasteiger partial charge is 0.424 e. The van der Waals surface area contributed by atoms with Gasteiger partial charge in [0.1, 0.15) is 11.6 Å². The van der Waals surface area contributed by atoms with Crippen molar-refractivity contribution in [2.75, 3.05) is 0 Å². The van der Waals surface area contributed by atoms with Crippen LogP contribution in [0.25, 0.3) is 0 Å². The number of aliphatic hydroxyl groups excluding tert-OH is 1. The number of rotatable bonds is 3. The van der Waals surface area contributed by atoms with E-state index in [4.69, 9.17) is 9.84 Å². The summed E-state index contributed by atoms with van der Waals surface area (Å²) in [6.07, 6.45) is 2.92. The zero-order valence-electron chi connectivity index (χ0n) is 8.60. The van der Waals surface area contributed by atoms with E-state index in [0.717, 1.165) is 0 Å². The van der Waals surface area contributed by atoms with Crippen LogP contribution in [-0.4, -0.2) is 15.1 Å². The maximum absolute atomic E-state index is 13.0. The number of ether oxygens (including phenoxy) is 1. The molecule has 6 heteroatoms. The van der Waals surface area contributed by atoms with Crippen LogP contribution in [0, 0.1) is 5.82 Å². The molecule has 0 aliphatic rings. The molecular formula is C11H8BrFN2O2. The summed E-state index contributed by atoms with van der Waals surface area (Å²) >= 11 is 3.05. The minimum atomic E-state index is -0.367. The Hall–Kier alpha value is -1.53. The fourth-order valence-electron chi connectivity index (χ4n) is 1.12. The number of hydrogen-bond acceptors (Lipinski definition) is 4. The Morgan fingerprint density at radius 1 is 1.29 bits per heavy atom. The van der Waals surface area contributed by atoms with Gasteiger partial charge in [-0.2, -0.15) is 0 Å². The molecule has 0 aliphatic heterocycles.